The molecule has 3 aromatic rings. The normalized spacial score (nSPS) is 11.9. The molecule has 0 radical (unpaired) electrons. The van der Waals surface area contributed by atoms with E-state index >= 15 is 0 Å². The minimum Gasteiger partial charge on any atom is -0.492 e. The van der Waals surface area contributed by atoms with Gasteiger partial charge in [-0.2, -0.15) is 0 Å². The van der Waals surface area contributed by atoms with Crippen LogP contribution < -0.4 is 14.4 Å². The first-order valence-corrected chi connectivity index (χ1v) is 16.1. The number of para-hydroxylation sites is 2. The zero-order valence-electron chi connectivity index (χ0n) is 24.1. The summed E-state index contributed by atoms with van der Waals surface area (Å²) in [5.41, 5.74) is 0.829. The maximum absolute atomic E-state index is 14.2. The Hall–Kier alpha value is -3.27. The van der Waals surface area contributed by atoms with Crippen molar-refractivity contribution < 1.29 is 22.7 Å². The van der Waals surface area contributed by atoms with Crippen LogP contribution in [0, 0.1) is 0 Å². The smallest absolute Gasteiger partial charge is 0.264 e. The van der Waals surface area contributed by atoms with Gasteiger partial charge in [-0.1, -0.05) is 73.8 Å². The molecule has 2 amide bonds. The lowest BCUT2D eigenvalue weighted by Gasteiger charge is -2.33. The number of nitrogens with zero attached hydrogens (tertiary/aromatic N) is 2. The Bertz CT molecular complexity index is 1450. The van der Waals surface area contributed by atoms with Crippen LogP contribution >= 0.6 is 23.2 Å². The zero-order valence-corrected chi connectivity index (χ0v) is 26.4. The van der Waals surface area contributed by atoms with Crippen LogP contribution in [-0.2, 0) is 26.2 Å². The third-order valence-electron chi connectivity index (χ3n) is 6.63. The molecule has 1 atom stereocenters. The predicted octanol–water partition coefficient (Wildman–Crippen LogP) is 6.31. The monoisotopic (exact) mass is 633 g/mol. The van der Waals surface area contributed by atoms with Crippen LogP contribution in [0.15, 0.2) is 77.7 Å². The molecule has 0 heterocycles. The summed E-state index contributed by atoms with van der Waals surface area (Å²) in [6, 6.07) is 18.5. The molecule has 0 saturated carbocycles. The molecular formula is C31H37Cl2N3O5S. The van der Waals surface area contributed by atoms with Crippen molar-refractivity contribution in [2.24, 2.45) is 0 Å². The van der Waals surface area contributed by atoms with E-state index < -0.39 is 28.5 Å². The molecule has 3 rings (SSSR count). The standard InChI is InChI=1S/C31H37Cl2N3O5S/c1-4-7-20-34-31(38)27(5-2)35(21-23-12-8-9-13-26(23)33)30(37)22-36(28-14-10-11-15-29(28)41-6-3)42(39,40)25-18-16-24(32)17-19-25/h8-19,27H,4-7,20-22H2,1-3H3,(H,34,38)/t27-/m1/s1. The van der Waals surface area contributed by atoms with E-state index in [4.69, 9.17) is 27.9 Å². The summed E-state index contributed by atoms with van der Waals surface area (Å²) in [6.45, 7) is 5.80. The Balaban J connectivity index is 2.10. The van der Waals surface area contributed by atoms with Gasteiger partial charge in [-0.3, -0.25) is 13.9 Å². The number of amides is 2. The van der Waals surface area contributed by atoms with Crippen LogP contribution in [0.4, 0.5) is 5.69 Å². The van der Waals surface area contributed by atoms with Crippen LogP contribution in [0.3, 0.4) is 0 Å². The molecule has 0 aliphatic heterocycles. The van der Waals surface area contributed by atoms with Crippen LogP contribution in [0.1, 0.15) is 45.6 Å². The summed E-state index contributed by atoms with van der Waals surface area (Å²) in [5, 5.41) is 3.72. The van der Waals surface area contributed by atoms with E-state index in [1.54, 1.807) is 55.5 Å². The van der Waals surface area contributed by atoms with E-state index in [1.165, 1.54) is 29.2 Å². The van der Waals surface area contributed by atoms with Crippen molar-refractivity contribution in [2.75, 3.05) is 24.0 Å². The fraction of sp³-hybridized carbons (Fsp3) is 0.355. The number of carbonyl (C=O) groups excluding carboxylic acids is 2. The highest BCUT2D eigenvalue weighted by Gasteiger charge is 2.35. The van der Waals surface area contributed by atoms with Crippen LogP contribution in [0.25, 0.3) is 0 Å². The number of unbranched alkanes of at least 4 members (excludes halogenated alkanes) is 1. The molecular weight excluding hydrogens is 597 g/mol. The highest BCUT2D eigenvalue weighted by atomic mass is 35.5. The third-order valence-corrected chi connectivity index (χ3v) is 9.02. The van der Waals surface area contributed by atoms with Gasteiger partial charge in [0.25, 0.3) is 10.0 Å². The summed E-state index contributed by atoms with van der Waals surface area (Å²) in [6.07, 6.45) is 2.01. The zero-order chi connectivity index (χ0) is 30.7. The number of benzene rings is 3. The Labute approximate surface area is 258 Å². The number of carbonyl (C=O) groups is 2. The van der Waals surface area contributed by atoms with Gasteiger partial charge >= 0.3 is 0 Å². The molecule has 0 aliphatic rings. The maximum atomic E-state index is 14.2. The summed E-state index contributed by atoms with van der Waals surface area (Å²) >= 11 is 12.5. The molecule has 0 bridgehead atoms. The average molecular weight is 635 g/mol. The fourth-order valence-corrected chi connectivity index (χ4v) is 6.17. The first kappa shape index (κ1) is 33.2. The van der Waals surface area contributed by atoms with Crippen LogP contribution in [0.2, 0.25) is 10.0 Å². The Morgan fingerprint density at radius 2 is 1.60 bits per heavy atom. The van der Waals surface area contributed by atoms with Crippen molar-refractivity contribution in [1.82, 2.24) is 10.2 Å². The third kappa shape index (κ3) is 8.40. The maximum Gasteiger partial charge on any atom is 0.264 e. The Morgan fingerprint density at radius 1 is 0.929 bits per heavy atom. The minimum absolute atomic E-state index is 0.0140. The molecule has 0 spiro atoms. The number of nitrogens with one attached hydrogen (secondary N) is 1. The summed E-state index contributed by atoms with van der Waals surface area (Å²) in [7, 11) is -4.27. The molecule has 0 aromatic heterocycles. The number of halogens is 2. The largest absolute Gasteiger partial charge is 0.492 e. The lowest BCUT2D eigenvalue weighted by molar-refractivity contribution is -0.140. The molecule has 0 saturated heterocycles. The molecule has 0 aliphatic carbocycles. The number of hydrogen-bond donors (Lipinski definition) is 1. The highest BCUT2D eigenvalue weighted by molar-refractivity contribution is 7.92. The first-order chi connectivity index (χ1) is 20.1. The second kappa shape index (κ2) is 15.8. The van der Waals surface area contributed by atoms with Crippen molar-refractivity contribution in [3.63, 3.8) is 0 Å². The Kier molecular flexibility index (Phi) is 12.5. The van der Waals surface area contributed by atoms with Gasteiger partial charge in [0, 0.05) is 23.1 Å². The fourth-order valence-electron chi connectivity index (χ4n) is 4.42. The number of ether oxygens (including phenoxy) is 1. The Morgan fingerprint density at radius 3 is 2.24 bits per heavy atom. The molecule has 3 aromatic carbocycles. The molecule has 8 nitrogen and oxygen atoms in total. The first-order valence-electron chi connectivity index (χ1n) is 13.9. The highest BCUT2D eigenvalue weighted by Crippen LogP contribution is 2.33. The van der Waals surface area contributed by atoms with Gasteiger partial charge in [0.15, 0.2) is 0 Å². The molecule has 0 fully saturated rings. The second-order valence-electron chi connectivity index (χ2n) is 9.55. The SMILES string of the molecule is CCCCNC(=O)[C@@H](CC)N(Cc1ccccc1Cl)C(=O)CN(c1ccccc1OCC)S(=O)(=O)c1ccc(Cl)cc1. The quantitative estimate of drug-likeness (QED) is 0.198. The lowest BCUT2D eigenvalue weighted by atomic mass is 10.1. The number of rotatable bonds is 15. The van der Waals surface area contributed by atoms with Gasteiger partial charge in [-0.05, 0) is 67.8 Å². The van der Waals surface area contributed by atoms with Gasteiger partial charge in [0.1, 0.15) is 18.3 Å². The van der Waals surface area contributed by atoms with Gasteiger partial charge in [0.05, 0.1) is 17.2 Å². The molecule has 226 valence electrons. The lowest BCUT2D eigenvalue weighted by Crippen LogP contribution is -2.52. The average Bonchev–Trinajstić information content (AvgIpc) is 2.97. The molecule has 0 unspecified atom stereocenters. The van der Waals surface area contributed by atoms with Crippen molar-refractivity contribution in [3.05, 3.63) is 88.4 Å². The second-order valence-corrected chi connectivity index (χ2v) is 12.3. The van der Waals surface area contributed by atoms with Crippen molar-refractivity contribution in [1.29, 1.82) is 0 Å². The van der Waals surface area contributed by atoms with Crippen molar-refractivity contribution in [2.45, 2.75) is 57.5 Å². The van der Waals surface area contributed by atoms with Gasteiger partial charge in [0.2, 0.25) is 11.8 Å². The van der Waals surface area contributed by atoms with E-state index in [2.05, 4.69) is 5.32 Å². The summed E-state index contributed by atoms with van der Waals surface area (Å²) in [4.78, 5) is 28.9. The number of anilines is 1. The van der Waals surface area contributed by atoms with Gasteiger partial charge < -0.3 is 15.0 Å². The number of sulfonamides is 1. The summed E-state index contributed by atoms with van der Waals surface area (Å²) in [5.74, 6) is -0.586. The topological polar surface area (TPSA) is 96.0 Å². The van der Waals surface area contributed by atoms with Gasteiger partial charge in [-0.15, -0.1) is 0 Å². The molecule has 1 N–H and O–H groups in total. The van der Waals surface area contributed by atoms with E-state index in [9.17, 15) is 18.0 Å². The van der Waals surface area contributed by atoms with Gasteiger partial charge in [-0.25, -0.2) is 8.42 Å². The van der Waals surface area contributed by atoms with Crippen molar-refractivity contribution in [3.8, 4) is 5.75 Å². The van der Waals surface area contributed by atoms with Crippen LogP contribution in [0.5, 0.6) is 5.75 Å². The van der Waals surface area contributed by atoms with E-state index in [-0.39, 0.29) is 29.6 Å². The van der Waals surface area contributed by atoms with E-state index in [0.29, 0.717) is 34.3 Å². The minimum atomic E-state index is -4.27. The molecule has 11 heteroatoms. The van der Waals surface area contributed by atoms with E-state index in [1.807, 2.05) is 13.8 Å². The summed E-state index contributed by atoms with van der Waals surface area (Å²) < 4.78 is 34.9. The number of hydrogen-bond acceptors (Lipinski definition) is 5. The van der Waals surface area contributed by atoms with Crippen molar-refractivity contribution >= 4 is 50.7 Å². The van der Waals surface area contributed by atoms with Crippen LogP contribution in [-0.4, -0.2) is 50.9 Å². The van der Waals surface area contributed by atoms with E-state index in [0.717, 1.165) is 17.1 Å². The predicted molar refractivity (Wildman–Crippen MR) is 168 cm³/mol. The molecule has 42 heavy (non-hydrogen) atoms.